The van der Waals surface area contributed by atoms with E-state index in [9.17, 15) is 14.4 Å². The van der Waals surface area contributed by atoms with Crippen molar-refractivity contribution >= 4 is 40.3 Å². The molecule has 2 amide bonds. The SMILES string of the molecule is CCOC(=O)C1CCN(C(=O)CN(C)C(=O)c2cc(-c3ccc(Cl)cc3)nc3ccccc23)CC1. The third-order valence-electron chi connectivity index (χ3n) is 6.27. The molecule has 0 saturated carbocycles. The number of carbonyl (C=O) groups excluding carboxylic acids is 3. The highest BCUT2D eigenvalue weighted by atomic mass is 35.5. The van der Waals surface area contributed by atoms with Crippen LogP contribution in [0, 0.1) is 5.92 Å². The van der Waals surface area contributed by atoms with E-state index in [0.717, 1.165) is 10.9 Å². The lowest BCUT2D eigenvalue weighted by molar-refractivity contribution is -0.151. The van der Waals surface area contributed by atoms with Crippen LogP contribution in [0.4, 0.5) is 0 Å². The summed E-state index contributed by atoms with van der Waals surface area (Å²) in [5.74, 6) is -0.770. The van der Waals surface area contributed by atoms with Crippen LogP contribution in [0.3, 0.4) is 0 Å². The average Bonchev–Trinajstić information content (AvgIpc) is 2.88. The molecular formula is C27H28ClN3O4. The molecule has 4 rings (SSSR count). The number of hydrogen-bond acceptors (Lipinski definition) is 5. The third-order valence-corrected chi connectivity index (χ3v) is 6.53. The van der Waals surface area contributed by atoms with Crippen LogP contribution >= 0.6 is 11.6 Å². The van der Waals surface area contributed by atoms with Crippen molar-refractivity contribution < 1.29 is 19.1 Å². The molecule has 1 aliphatic rings. The van der Waals surface area contributed by atoms with E-state index in [-0.39, 0.29) is 30.2 Å². The molecule has 8 heteroatoms. The molecule has 1 aromatic heterocycles. The first kappa shape index (κ1) is 24.7. The molecule has 0 atom stereocenters. The van der Waals surface area contributed by atoms with Crippen LogP contribution in [0.25, 0.3) is 22.2 Å². The smallest absolute Gasteiger partial charge is 0.309 e. The Kier molecular flexibility index (Phi) is 7.66. The molecule has 182 valence electrons. The Morgan fingerprint density at radius 2 is 1.77 bits per heavy atom. The fourth-order valence-electron chi connectivity index (χ4n) is 4.33. The molecular weight excluding hydrogens is 466 g/mol. The maximum absolute atomic E-state index is 13.5. The lowest BCUT2D eigenvalue weighted by Gasteiger charge is -2.32. The fraction of sp³-hybridized carbons (Fsp3) is 0.333. The number of amides is 2. The van der Waals surface area contributed by atoms with Gasteiger partial charge >= 0.3 is 5.97 Å². The number of ether oxygens (including phenoxy) is 1. The minimum atomic E-state index is -0.256. The Hall–Kier alpha value is -3.45. The van der Waals surface area contributed by atoms with Gasteiger partial charge in [0, 0.05) is 36.1 Å². The van der Waals surface area contributed by atoms with Gasteiger partial charge in [-0.1, -0.05) is 41.9 Å². The highest BCUT2D eigenvalue weighted by Crippen LogP contribution is 2.27. The number of halogens is 1. The molecule has 35 heavy (non-hydrogen) atoms. The van der Waals surface area contributed by atoms with Crippen LogP contribution in [-0.2, 0) is 14.3 Å². The highest BCUT2D eigenvalue weighted by molar-refractivity contribution is 6.30. The number of likely N-dealkylation sites (tertiary alicyclic amines) is 1. The summed E-state index contributed by atoms with van der Waals surface area (Å²) in [5, 5.41) is 1.35. The minimum Gasteiger partial charge on any atom is -0.466 e. The van der Waals surface area contributed by atoms with E-state index in [1.807, 2.05) is 36.4 Å². The first-order valence-electron chi connectivity index (χ1n) is 11.7. The van der Waals surface area contributed by atoms with Crippen LogP contribution in [-0.4, -0.2) is 65.9 Å². The Morgan fingerprint density at radius 3 is 2.46 bits per heavy atom. The average molecular weight is 494 g/mol. The maximum atomic E-state index is 13.5. The summed E-state index contributed by atoms with van der Waals surface area (Å²) in [6.07, 6.45) is 1.14. The predicted octanol–water partition coefficient (Wildman–Crippen LogP) is 4.43. The topological polar surface area (TPSA) is 79.8 Å². The molecule has 1 saturated heterocycles. The number of nitrogens with zero attached hydrogens (tertiary/aromatic N) is 3. The van der Waals surface area contributed by atoms with Gasteiger partial charge in [-0.05, 0) is 44.0 Å². The van der Waals surface area contributed by atoms with Gasteiger partial charge in [-0.15, -0.1) is 0 Å². The number of fused-ring (bicyclic) bond motifs is 1. The molecule has 1 fully saturated rings. The zero-order chi connectivity index (χ0) is 24.9. The summed E-state index contributed by atoms with van der Waals surface area (Å²) in [7, 11) is 1.63. The lowest BCUT2D eigenvalue weighted by atomic mass is 9.97. The summed E-state index contributed by atoms with van der Waals surface area (Å²) in [6.45, 7) is 3.05. The maximum Gasteiger partial charge on any atom is 0.309 e. The number of benzene rings is 2. The number of esters is 1. The lowest BCUT2D eigenvalue weighted by Crippen LogP contribution is -2.45. The Bertz CT molecular complexity index is 1240. The molecule has 0 bridgehead atoms. The van der Waals surface area contributed by atoms with Crippen LogP contribution < -0.4 is 0 Å². The van der Waals surface area contributed by atoms with Gasteiger partial charge < -0.3 is 14.5 Å². The Balaban J connectivity index is 1.50. The molecule has 0 N–H and O–H groups in total. The highest BCUT2D eigenvalue weighted by Gasteiger charge is 2.29. The Morgan fingerprint density at radius 1 is 1.09 bits per heavy atom. The monoisotopic (exact) mass is 493 g/mol. The van der Waals surface area contributed by atoms with Gasteiger partial charge in [0.25, 0.3) is 5.91 Å². The van der Waals surface area contributed by atoms with Crippen molar-refractivity contribution in [3.05, 3.63) is 65.2 Å². The number of carbonyl (C=O) groups is 3. The van der Waals surface area contributed by atoms with Crippen molar-refractivity contribution in [2.24, 2.45) is 5.92 Å². The van der Waals surface area contributed by atoms with Crippen molar-refractivity contribution in [2.75, 3.05) is 33.3 Å². The van der Waals surface area contributed by atoms with Crippen LogP contribution in [0.1, 0.15) is 30.1 Å². The van der Waals surface area contributed by atoms with Crippen LogP contribution in [0.5, 0.6) is 0 Å². The van der Waals surface area contributed by atoms with Gasteiger partial charge in [-0.3, -0.25) is 14.4 Å². The molecule has 3 aromatic rings. The second kappa shape index (κ2) is 10.9. The van der Waals surface area contributed by atoms with E-state index >= 15 is 0 Å². The van der Waals surface area contributed by atoms with E-state index in [2.05, 4.69) is 0 Å². The molecule has 0 spiro atoms. The van der Waals surface area contributed by atoms with Gasteiger partial charge in [0.2, 0.25) is 5.91 Å². The van der Waals surface area contributed by atoms with Gasteiger partial charge in [0.05, 0.1) is 35.8 Å². The number of piperidine rings is 1. The van der Waals surface area contributed by atoms with E-state index in [4.69, 9.17) is 21.3 Å². The van der Waals surface area contributed by atoms with Crippen molar-refractivity contribution in [1.82, 2.24) is 14.8 Å². The van der Waals surface area contributed by atoms with Crippen LogP contribution in [0.2, 0.25) is 5.02 Å². The van der Waals surface area contributed by atoms with E-state index in [1.54, 1.807) is 37.1 Å². The summed E-state index contributed by atoms with van der Waals surface area (Å²) in [6, 6.07) is 16.5. The first-order valence-corrected chi connectivity index (χ1v) is 12.1. The van der Waals surface area contributed by atoms with E-state index in [0.29, 0.717) is 54.3 Å². The van der Waals surface area contributed by atoms with E-state index < -0.39 is 0 Å². The molecule has 0 aliphatic carbocycles. The molecule has 0 radical (unpaired) electrons. The predicted molar refractivity (Wildman–Crippen MR) is 135 cm³/mol. The van der Waals surface area contributed by atoms with Crippen molar-refractivity contribution in [1.29, 1.82) is 0 Å². The zero-order valence-electron chi connectivity index (χ0n) is 19.9. The summed E-state index contributed by atoms with van der Waals surface area (Å²) in [5.41, 5.74) is 2.68. The van der Waals surface area contributed by atoms with Gasteiger partial charge in [-0.25, -0.2) is 4.98 Å². The summed E-state index contributed by atoms with van der Waals surface area (Å²) < 4.78 is 5.10. The van der Waals surface area contributed by atoms with E-state index in [1.165, 1.54) is 4.90 Å². The van der Waals surface area contributed by atoms with Gasteiger partial charge in [-0.2, -0.15) is 0 Å². The number of aromatic nitrogens is 1. The number of para-hydroxylation sites is 1. The van der Waals surface area contributed by atoms with Gasteiger partial charge in [0.15, 0.2) is 0 Å². The largest absolute Gasteiger partial charge is 0.466 e. The fourth-order valence-corrected chi connectivity index (χ4v) is 4.45. The molecule has 1 aliphatic heterocycles. The second-order valence-corrected chi connectivity index (χ2v) is 9.08. The number of pyridine rings is 1. The van der Waals surface area contributed by atoms with Gasteiger partial charge in [0.1, 0.15) is 0 Å². The molecule has 2 aromatic carbocycles. The molecule has 0 unspecified atom stereocenters. The molecule has 7 nitrogen and oxygen atoms in total. The zero-order valence-corrected chi connectivity index (χ0v) is 20.6. The minimum absolute atomic E-state index is 0.0458. The number of hydrogen-bond donors (Lipinski definition) is 0. The normalized spacial score (nSPS) is 14.1. The third kappa shape index (κ3) is 5.62. The standard InChI is InChI=1S/C27H28ClN3O4/c1-3-35-27(34)19-12-14-31(15-13-19)25(32)17-30(2)26(33)22-16-24(18-8-10-20(28)11-9-18)29-23-7-5-4-6-21(22)23/h4-11,16,19H,3,12-15,17H2,1-2H3. The quantitative estimate of drug-likeness (QED) is 0.475. The summed E-state index contributed by atoms with van der Waals surface area (Å²) >= 11 is 6.03. The Labute approximate surface area is 209 Å². The first-order chi connectivity index (χ1) is 16.9. The number of likely N-dealkylation sites (N-methyl/N-ethyl adjacent to an activating group) is 1. The molecule has 2 heterocycles. The van der Waals surface area contributed by atoms with Crippen molar-refractivity contribution in [3.8, 4) is 11.3 Å². The summed E-state index contributed by atoms with van der Waals surface area (Å²) in [4.78, 5) is 46.2. The van der Waals surface area contributed by atoms with Crippen LogP contribution in [0.15, 0.2) is 54.6 Å². The van der Waals surface area contributed by atoms with Crippen molar-refractivity contribution in [3.63, 3.8) is 0 Å². The number of rotatable bonds is 6. The van der Waals surface area contributed by atoms with Crippen molar-refractivity contribution in [2.45, 2.75) is 19.8 Å². The second-order valence-electron chi connectivity index (χ2n) is 8.65.